The Hall–Kier alpha value is -1.85. The van der Waals surface area contributed by atoms with Crippen molar-refractivity contribution in [3.8, 4) is 0 Å². The second-order valence-electron chi connectivity index (χ2n) is 5.08. The molecule has 1 saturated heterocycles. The molecular formula is C15H11ClN2O2S. The van der Waals surface area contributed by atoms with Crippen LogP contribution in [0.2, 0.25) is 5.02 Å². The van der Waals surface area contributed by atoms with Crippen LogP contribution in [0, 0.1) is 0 Å². The van der Waals surface area contributed by atoms with Crippen molar-refractivity contribution >= 4 is 40.6 Å². The first-order valence-electron chi connectivity index (χ1n) is 6.63. The van der Waals surface area contributed by atoms with Crippen LogP contribution in [-0.4, -0.2) is 23.4 Å². The number of fused-ring (bicyclic) bond motifs is 3. The standard InChI is InChI=1S/C15H11ClN2O2S/c16-9-2-1-3-10(8-9)18-14(19)13-11-5-7-21-12(11)4-6-17(13)15(18)20/h1-3,5,7-8,13H,4,6H2. The summed E-state index contributed by atoms with van der Waals surface area (Å²) in [6.45, 7) is 0.583. The highest BCUT2D eigenvalue weighted by Gasteiger charge is 2.49. The van der Waals surface area contributed by atoms with Gasteiger partial charge in [-0.25, -0.2) is 9.69 Å². The second kappa shape index (κ2) is 4.58. The van der Waals surface area contributed by atoms with Gasteiger partial charge in [-0.05, 0) is 41.6 Å². The van der Waals surface area contributed by atoms with E-state index in [0.717, 1.165) is 12.0 Å². The van der Waals surface area contributed by atoms with Crippen LogP contribution in [0.4, 0.5) is 10.5 Å². The van der Waals surface area contributed by atoms with Crippen molar-refractivity contribution < 1.29 is 9.59 Å². The minimum absolute atomic E-state index is 0.193. The first-order chi connectivity index (χ1) is 10.2. The maximum Gasteiger partial charge on any atom is 0.332 e. The number of nitrogens with zero attached hydrogens (tertiary/aromatic N) is 2. The van der Waals surface area contributed by atoms with Gasteiger partial charge in [0.1, 0.15) is 6.04 Å². The maximum absolute atomic E-state index is 12.7. The first kappa shape index (κ1) is 12.9. The molecule has 2 aliphatic rings. The molecule has 1 atom stereocenters. The Morgan fingerprint density at radius 1 is 1.24 bits per heavy atom. The lowest BCUT2D eigenvalue weighted by molar-refractivity contribution is -0.120. The van der Waals surface area contributed by atoms with Crippen molar-refractivity contribution in [2.24, 2.45) is 0 Å². The normalized spacial score (nSPS) is 20.7. The predicted molar refractivity (Wildman–Crippen MR) is 81.8 cm³/mol. The van der Waals surface area contributed by atoms with E-state index in [4.69, 9.17) is 11.6 Å². The molecule has 0 bridgehead atoms. The lowest BCUT2D eigenvalue weighted by Crippen LogP contribution is -2.36. The van der Waals surface area contributed by atoms with E-state index in [1.165, 1.54) is 9.78 Å². The number of benzene rings is 1. The number of urea groups is 1. The molecule has 0 N–H and O–H groups in total. The first-order valence-corrected chi connectivity index (χ1v) is 7.89. The molecule has 106 valence electrons. The number of amides is 3. The highest BCUT2D eigenvalue weighted by Crippen LogP contribution is 2.40. The molecule has 2 aromatic rings. The Balaban J connectivity index is 1.80. The molecule has 1 unspecified atom stereocenters. The molecule has 2 aliphatic heterocycles. The van der Waals surface area contributed by atoms with Crippen LogP contribution < -0.4 is 4.90 Å². The zero-order valence-electron chi connectivity index (χ0n) is 11.0. The molecule has 21 heavy (non-hydrogen) atoms. The summed E-state index contributed by atoms with van der Waals surface area (Å²) in [6.07, 6.45) is 0.811. The fourth-order valence-corrected chi connectivity index (χ4v) is 4.07. The largest absolute Gasteiger partial charge is 0.332 e. The van der Waals surface area contributed by atoms with E-state index in [2.05, 4.69) is 0 Å². The number of halogens is 1. The lowest BCUT2D eigenvalue weighted by Gasteiger charge is -2.26. The summed E-state index contributed by atoms with van der Waals surface area (Å²) in [4.78, 5) is 29.4. The Bertz CT molecular complexity index is 758. The zero-order chi connectivity index (χ0) is 14.6. The zero-order valence-corrected chi connectivity index (χ0v) is 12.5. The van der Waals surface area contributed by atoms with E-state index in [9.17, 15) is 9.59 Å². The van der Waals surface area contributed by atoms with Gasteiger partial charge in [0, 0.05) is 16.4 Å². The number of thiophene rings is 1. The van der Waals surface area contributed by atoms with Crippen molar-refractivity contribution in [2.75, 3.05) is 11.4 Å². The molecule has 3 amide bonds. The highest BCUT2D eigenvalue weighted by atomic mass is 35.5. The molecule has 4 rings (SSSR count). The number of anilines is 1. The van der Waals surface area contributed by atoms with E-state index in [-0.39, 0.29) is 11.9 Å². The Morgan fingerprint density at radius 3 is 2.90 bits per heavy atom. The molecule has 0 radical (unpaired) electrons. The minimum Gasteiger partial charge on any atom is -0.307 e. The molecule has 0 aliphatic carbocycles. The summed E-state index contributed by atoms with van der Waals surface area (Å²) in [5.41, 5.74) is 1.50. The lowest BCUT2D eigenvalue weighted by atomic mass is 10.0. The van der Waals surface area contributed by atoms with Crippen LogP contribution in [0.5, 0.6) is 0 Å². The third-order valence-corrected chi connectivity index (χ3v) is 5.16. The van der Waals surface area contributed by atoms with Crippen LogP contribution in [0.25, 0.3) is 0 Å². The SMILES string of the molecule is O=C1C2c3ccsc3CCN2C(=O)N1c1cccc(Cl)c1. The topological polar surface area (TPSA) is 40.6 Å². The molecule has 1 fully saturated rings. The average molecular weight is 319 g/mol. The van der Waals surface area contributed by atoms with Gasteiger partial charge in [0.15, 0.2) is 0 Å². The third-order valence-electron chi connectivity index (χ3n) is 3.92. The number of imide groups is 1. The van der Waals surface area contributed by atoms with Gasteiger partial charge in [-0.1, -0.05) is 17.7 Å². The van der Waals surface area contributed by atoms with Gasteiger partial charge < -0.3 is 4.90 Å². The van der Waals surface area contributed by atoms with E-state index in [1.807, 2.05) is 11.4 Å². The summed E-state index contributed by atoms with van der Waals surface area (Å²) in [5, 5.41) is 2.49. The van der Waals surface area contributed by atoms with Gasteiger partial charge in [0.05, 0.1) is 5.69 Å². The van der Waals surface area contributed by atoms with Gasteiger partial charge in [-0.15, -0.1) is 11.3 Å². The molecular weight excluding hydrogens is 308 g/mol. The second-order valence-corrected chi connectivity index (χ2v) is 6.52. The molecule has 0 spiro atoms. The summed E-state index contributed by atoms with van der Waals surface area (Å²) in [5.74, 6) is -0.193. The average Bonchev–Trinajstić information content (AvgIpc) is 3.02. The van der Waals surface area contributed by atoms with Crippen LogP contribution >= 0.6 is 22.9 Å². The molecule has 6 heteroatoms. The van der Waals surface area contributed by atoms with Crippen molar-refractivity contribution in [1.29, 1.82) is 0 Å². The number of rotatable bonds is 1. The van der Waals surface area contributed by atoms with Gasteiger partial charge in [-0.2, -0.15) is 0 Å². The van der Waals surface area contributed by atoms with Gasteiger partial charge in [0.25, 0.3) is 5.91 Å². The summed E-state index contributed by atoms with van der Waals surface area (Å²) in [7, 11) is 0. The maximum atomic E-state index is 12.7. The van der Waals surface area contributed by atoms with E-state index in [0.29, 0.717) is 17.3 Å². The van der Waals surface area contributed by atoms with E-state index >= 15 is 0 Å². The molecule has 4 nitrogen and oxygen atoms in total. The Kier molecular flexibility index (Phi) is 2.80. The van der Waals surface area contributed by atoms with Crippen molar-refractivity contribution in [3.63, 3.8) is 0 Å². The monoisotopic (exact) mass is 318 g/mol. The van der Waals surface area contributed by atoms with Crippen molar-refractivity contribution in [2.45, 2.75) is 12.5 Å². The third kappa shape index (κ3) is 1.81. The fraction of sp³-hybridized carbons (Fsp3) is 0.200. The summed E-state index contributed by atoms with van der Waals surface area (Å²) in [6, 6.07) is 8.05. The van der Waals surface area contributed by atoms with Crippen LogP contribution in [0.1, 0.15) is 16.5 Å². The van der Waals surface area contributed by atoms with E-state index in [1.54, 1.807) is 40.5 Å². The minimum atomic E-state index is -0.480. The van der Waals surface area contributed by atoms with Crippen LogP contribution in [0.3, 0.4) is 0 Å². The van der Waals surface area contributed by atoms with Crippen LogP contribution in [0.15, 0.2) is 35.7 Å². The van der Waals surface area contributed by atoms with Crippen LogP contribution in [-0.2, 0) is 11.2 Å². The summed E-state index contributed by atoms with van der Waals surface area (Å²) < 4.78 is 0. The predicted octanol–water partition coefficient (Wildman–Crippen LogP) is 3.47. The Morgan fingerprint density at radius 2 is 2.10 bits per heavy atom. The smallest absolute Gasteiger partial charge is 0.307 e. The molecule has 1 aromatic carbocycles. The summed E-state index contributed by atoms with van der Waals surface area (Å²) >= 11 is 7.62. The van der Waals surface area contributed by atoms with Gasteiger partial charge in [-0.3, -0.25) is 4.79 Å². The van der Waals surface area contributed by atoms with E-state index < -0.39 is 6.04 Å². The highest BCUT2D eigenvalue weighted by molar-refractivity contribution is 7.10. The number of hydrogen-bond acceptors (Lipinski definition) is 3. The Labute approximate surface area is 130 Å². The van der Waals surface area contributed by atoms with Crippen molar-refractivity contribution in [1.82, 2.24) is 4.90 Å². The van der Waals surface area contributed by atoms with Gasteiger partial charge >= 0.3 is 6.03 Å². The fourth-order valence-electron chi connectivity index (χ4n) is 2.99. The number of hydrogen-bond donors (Lipinski definition) is 0. The van der Waals surface area contributed by atoms with Crippen molar-refractivity contribution in [3.05, 3.63) is 51.2 Å². The number of carbonyl (C=O) groups is 2. The van der Waals surface area contributed by atoms with Gasteiger partial charge in [0.2, 0.25) is 0 Å². The quantitative estimate of drug-likeness (QED) is 0.755. The number of carbonyl (C=O) groups excluding carboxylic acids is 2. The molecule has 1 aromatic heterocycles. The molecule has 3 heterocycles. The molecule has 0 saturated carbocycles.